The van der Waals surface area contributed by atoms with Crippen LogP contribution >= 0.6 is 0 Å². The number of ether oxygens (including phenoxy) is 1. The monoisotopic (exact) mass is 355 g/mol. The minimum Gasteiger partial charge on any atom is -0.425 e. The molecule has 1 aromatic carbocycles. The van der Waals surface area contributed by atoms with Crippen molar-refractivity contribution >= 4 is 11.8 Å². The number of piperidine rings is 3. The van der Waals surface area contributed by atoms with Crippen molar-refractivity contribution in [2.75, 3.05) is 38.6 Å². The van der Waals surface area contributed by atoms with Gasteiger partial charge in [0.2, 0.25) is 0 Å². The minimum absolute atomic E-state index is 0.177. The molecule has 0 aliphatic carbocycles. The average molecular weight is 355 g/mol. The van der Waals surface area contributed by atoms with Gasteiger partial charge < -0.3 is 24.3 Å². The minimum atomic E-state index is -0.438. The summed E-state index contributed by atoms with van der Waals surface area (Å²) in [5.41, 5.74) is 2.03. The second-order valence-corrected chi connectivity index (χ2v) is 7.34. The summed E-state index contributed by atoms with van der Waals surface area (Å²) < 4.78 is 11.1. The zero-order valence-corrected chi connectivity index (χ0v) is 15.3. The van der Waals surface area contributed by atoms with Gasteiger partial charge in [0.15, 0.2) is 0 Å². The van der Waals surface area contributed by atoms with Crippen molar-refractivity contribution in [3.05, 3.63) is 36.4 Å². The number of nitrogens with one attached hydrogen (secondary N) is 1. The number of hydrogen-bond donors (Lipinski definition) is 1. The fraction of sp³-hybridized carbons (Fsp3) is 0.450. The van der Waals surface area contributed by atoms with Gasteiger partial charge in [-0.05, 0) is 50.0 Å². The molecule has 3 aliphatic rings. The molecule has 3 aliphatic heterocycles. The molecular formula is C20H25N3O3. The van der Waals surface area contributed by atoms with Gasteiger partial charge in [0.05, 0.1) is 0 Å². The molecule has 3 fully saturated rings. The number of rotatable bonds is 4. The maximum absolute atomic E-state index is 12.2. The molecule has 0 saturated carbocycles. The van der Waals surface area contributed by atoms with E-state index in [-0.39, 0.29) is 12.0 Å². The van der Waals surface area contributed by atoms with Crippen molar-refractivity contribution in [3.8, 4) is 17.3 Å². The number of anilines is 1. The Hall–Kier alpha value is -2.47. The molecule has 0 unspecified atom stereocenters. The third kappa shape index (κ3) is 3.55. The third-order valence-electron chi connectivity index (χ3n) is 5.38. The Morgan fingerprint density at radius 3 is 2.73 bits per heavy atom. The Kier molecular flexibility index (Phi) is 4.59. The Labute approximate surface area is 153 Å². The van der Waals surface area contributed by atoms with E-state index in [0.29, 0.717) is 11.7 Å². The van der Waals surface area contributed by atoms with E-state index in [0.717, 1.165) is 43.7 Å². The van der Waals surface area contributed by atoms with E-state index in [9.17, 15) is 4.79 Å². The van der Waals surface area contributed by atoms with Crippen LogP contribution in [0.1, 0.15) is 12.8 Å². The molecule has 26 heavy (non-hydrogen) atoms. The highest BCUT2D eigenvalue weighted by molar-refractivity contribution is 5.71. The Morgan fingerprint density at radius 1 is 1.23 bits per heavy atom. The highest BCUT2D eigenvalue weighted by atomic mass is 16.6. The van der Waals surface area contributed by atoms with Gasteiger partial charge in [-0.15, -0.1) is 0 Å². The molecule has 1 atom stereocenters. The van der Waals surface area contributed by atoms with Crippen LogP contribution in [-0.2, 0) is 0 Å². The molecule has 6 nitrogen and oxygen atoms in total. The maximum Gasteiger partial charge on any atom is 0.415 e. The fourth-order valence-corrected chi connectivity index (χ4v) is 3.87. The van der Waals surface area contributed by atoms with E-state index < -0.39 is 6.09 Å². The predicted octanol–water partition coefficient (Wildman–Crippen LogP) is 3.20. The Bertz CT molecular complexity index is 778. The van der Waals surface area contributed by atoms with Crippen LogP contribution in [0.2, 0.25) is 0 Å². The Morgan fingerprint density at radius 2 is 2.04 bits per heavy atom. The number of furan rings is 1. The molecule has 4 heterocycles. The van der Waals surface area contributed by atoms with Gasteiger partial charge in [-0.25, -0.2) is 4.79 Å². The summed E-state index contributed by atoms with van der Waals surface area (Å²) in [4.78, 5) is 16.7. The summed E-state index contributed by atoms with van der Waals surface area (Å²) in [6, 6.07) is 11.7. The number of amides is 1. The highest BCUT2D eigenvalue weighted by Crippen LogP contribution is 2.30. The van der Waals surface area contributed by atoms with E-state index >= 15 is 0 Å². The lowest BCUT2D eigenvalue weighted by molar-refractivity contribution is 0.0715. The van der Waals surface area contributed by atoms with Crippen molar-refractivity contribution in [2.24, 2.45) is 5.92 Å². The lowest BCUT2D eigenvalue weighted by Crippen LogP contribution is -2.57. The molecule has 5 rings (SSSR count). The first kappa shape index (κ1) is 17.0. The number of benzene rings is 1. The second-order valence-electron chi connectivity index (χ2n) is 7.34. The first-order valence-corrected chi connectivity index (χ1v) is 9.17. The van der Waals surface area contributed by atoms with Gasteiger partial charge in [0.1, 0.15) is 5.76 Å². The molecule has 1 N–H and O–H groups in total. The second kappa shape index (κ2) is 7.03. The molecule has 2 aromatic rings. The lowest BCUT2D eigenvalue weighted by Gasteiger charge is -2.44. The Balaban J connectivity index is 1.39. The van der Waals surface area contributed by atoms with Crippen LogP contribution in [0.15, 0.2) is 40.8 Å². The van der Waals surface area contributed by atoms with E-state index in [2.05, 4.69) is 10.2 Å². The molecular weight excluding hydrogens is 330 g/mol. The maximum atomic E-state index is 12.2. The largest absolute Gasteiger partial charge is 0.425 e. The third-order valence-corrected chi connectivity index (χ3v) is 5.38. The normalized spacial score (nSPS) is 24.3. The molecule has 0 radical (unpaired) electrons. The summed E-state index contributed by atoms with van der Waals surface area (Å²) in [5, 5.41) is 3.00. The fourth-order valence-electron chi connectivity index (χ4n) is 3.87. The molecule has 1 aromatic heterocycles. The van der Waals surface area contributed by atoms with Crippen LogP contribution in [0.3, 0.4) is 0 Å². The van der Waals surface area contributed by atoms with Crippen molar-refractivity contribution in [3.63, 3.8) is 0 Å². The van der Waals surface area contributed by atoms with Crippen LogP contribution in [0.25, 0.3) is 11.3 Å². The van der Waals surface area contributed by atoms with Crippen LogP contribution in [0.4, 0.5) is 10.5 Å². The summed E-state index contributed by atoms with van der Waals surface area (Å²) in [6.45, 7) is 3.21. The van der Waals surface area contributed by atoms with Gasteiger partial charge in [-0.3, -0.25) is 0 Å². The smallest absolute Gasteiger partial charge is 0.415 e. The number of carbonyl (C=O) groups is 1. The van der Waals surface area contributed by atoms with Gasteiger partial charge in [0, 0.05) is 44.0 Å². The predicted molar refractivity (Wildman–Crippen MR) is 101 cm³/mol. The molecule has 1 amide bonds. The molecule has 2 bridgehead atoms. The zero-order valence-electron chi connectivity index (χ0n) is 15.3. The number of fused-ring (bicyclic) bond motifs is 3. The van der Waals surface area contributed by atoms with Gasteiger partial charge in [-0.1, -0.05) is 12.1 Å². The first-order valence-electron chi connectivity index (χ1n) is 9.17. The standard InChI is InChI=1S/C20H25N3O3/c1-22(2)16-5-3-4-15(12-16)18-6-7-19(25-18)26-20(24)21-17-13-23-10-8-14(17)9-11-23/h3-7,12,14,17H,8-11,13H2,1-2H3,(H,21,24)/t17-/m0/s1. The molecule has 6 heteroatoms. The summed E-state index contributed by atoms with van der Waals surface area (Å²) in [6.07, 6.45) is 1.86. The first-order chi connectivity index (χ1) is 12.6. The van der Waals surface area contributed by atoms with Crippen molar-refractivity contribution < 1.29 is 13.9 Å². The number of nitrogens with zero attached hydrogens (tertiary/aromatic N) is 2. The van der Waals surface area contributed by atoms with Gasteiger partial charge in [-0.2, -0.15) is 0 Å². The van der Waals surface area contributed by atoms with Crippen molar-refractivity contribution in [1.29, 1.82) is 0 Å². The molecule has 3 saturated heterocycles. The summed E-state index contributed by atoms with van der Waals surface area (Å²) >= 11 is 0. The topological polar surface area (TPSA) is 58.0 Å². The van der Waals surface area contributed by atoms with Crippen LogP contribution < -0.4 is 15.0 Å². The highest BCUT2D eigenvalue weighted by Gasteiger charge is 2.35. The average Bonchev–Trinajstić information content (AvgIpc) is 3.11. The van der Waals surface area contributed by atoms with Crippen LogP contribution in [0, 0.1) is 5.92 Å². The van der Waals surface area contributed by atoms with Gasteiger partial charge in [0.25, 0.3) is 5.95 Å². The van der Waals surface area contributed by atoms with E-state index in [4.69, 9.17) is 9.15 Å². The van der Waals surface area contributed by atoms with E-state index in [1.54, 1.807) is 6.07 Å². The lowest BCUT2D eigenvalue weighted by atomic mass is 9.84. The van der Waals surface area contributed by atoms with E-state index in [1.165, 1.54) is 0 Å². The molecule has 138 valence electrons. The van der Waals surface area contributed by atoms with Crippen LogP contribution in [-0.4, -0.2) is 50.8 Å². The number of carbonyl (C=O) groups excluding carboxylic acids is 1. The zero-order chi connectivity index (χ0) is 18.1. The van der Waals surface area contributed by atoms with Crippen molar-refractivity contribution in [2.45, 2.75) is 18.9 Å². The SMILES string of the molecule is CN(C)c1cccc(-c2ccc(OC(=O)N[C@H]3CN4CCC3CC4)o2)c1. The number of hydrogen-bond acceptors (Lipinski definition) is 5. The summed E-state index contributed by atoms with van der Waals surface area (Å²) in [5.74, 6) is 1.46. The molecule has 0 spiro atoms. The van der Waals surface area contributed by atoms with E-state index in [1.807, 2.05) is 49.3 Å². The van der Waals surface area contributed by atoms with Crippen molar-refractivity contribution in [1.82, 2.24) is 10.2 Å². The van der Waals surface area contributed by atoms with Gasteiger partial charge >= 0.3 is 6.09 Å². The quantitative estimate of drug-likeness (QED) is 0.913. The van der Waals surface area contributed by atoms with Crippen LogP contribution in [0.5, 0.6) is 5.95 Å². The summed E-state index contributed by atoms with van der Waals surface area (Å²) in [7, 11) is 3.99.